The number of nitrogens with one attached hydrogen (secondary N) is 2. The number of rotatable bonds is 5. The Hall–Kier alpha value is -3.49. The van der Waals surface area contributed by atoms with Crippen LogP contribution in [0.4, 0.5) is 4.39 Å². The van der Waals surface area contributed by atoms with Gasteiger partial charge in [-0.05, 0) is 38.0 Å². The number of aryl methyl sites for hydroxylation is 2. The van der Waals surface area contributed by atoms with Gasteiger partial charge < -0.3 is 4.98 Å². The minimum atomic E-state index is -0.490. The Balaban J connectivity index is 1.61. The Labute approximate surface area is 158 Å². The third kappa shape index (κ3) is 3.26. The summed E-state index contributed by atoms with van der Waals surface area (Å²) >= 11 is 0. The van der Waals surface area contributed by atoms with Crippen molar-refractivity contribution in [1.82, 2.24) is 29.3 Å². The first-order valence-corrected chi connectivity index (χ1v) is 8.94. The van der Waals surface area contributed by atoms with E-state index in [1.54, 1.807) is 37.0 Å². The first-order valence-electron chi connectivity index (χ1n) is 8.94. The normalized spacial score (nSPS) is 11.6. The lowest BCUT2D eigenvalue weighted by molar-refractivity contribution is 0.551. The third-order valence-corrected chi connectivity index (χ3v) is 4.52. The molecule has 0 aliphatic heterocycles. The molecule has 0 spiro atoms. The number of hydrogen-bond donors (Lipinski definition) is 2. The van der Waals surface area contributed by atoms with Gasteiger partial charge in [0.05, 0.1) is 11.8 Å². The molecule has 0 radical (unpaired) electrons. The van der Waals surface area contributed by atoms with Gasteiger partial charge in [0, 0.05) is 18.8 Å². The van der Waals surface area contributed by atoms with E-state index in [-0.39, 0.29) is 23.0 Å². The minimum Gasteiger partial charge on any atom is -0.332 e. The van der Waals surface area contributed by atoms with Crippen LogP contribution in [0.15, 0.2) is 46.2 Å². The molecule has 0 amide bonds. The van der Waals surface area contributed by atoms with Crippen LogP contribution in [-0.4, -0.2) is 29.3 Å². The van der Waals surface area contributed by atoms with Crippen LogP contribution in [0, 0.1) is 5.82 Å². The van der Waals surface area contributed by atoms with Crippen molar-refractivity contribution in [2.75, 3.05) is 0 Å². The molecule has 0 aliphatic rings. The Morgan fingerprint density at radius 3 is 2.79 bits per heavy atom. The number of nitrogens with zero attached hydrogens (tertiary/aromatic N) is 4. The summed E-state index contributed by atoms with van der Waals surface area (Å²) in [5.41, 5.74) is 1.13. The van der Waals surface area contributed by atoms with E-state index >= 15 is 0 Å². The molecular weight excluding hydrogens is 363 g/mol. The molecule has 2 N–H and O–H groups in total. The van der Waals surface area contributed by atoms with Crippen LogP contribution >= 0.6 is 0 Å². The second kappa shape index (κ2) is 6.91. The van der Waals surface area contributed by atoms with Crippen LogP contribution < -0.4 is 11.2 Å². The van der Waals surface area contributed by atoms with Gasteiger partial charge in [0.1, 0.15) is 17.2 Å². The fourth-order valence-electron chi connectivity index (χ4n) is 3.14. The average molecular weight is 382 g/mol. The van der Waals surface area contributed by atoms with Gasteiger partial charge in [0.15, 0.2) is 5.65 Å². The van der Waals surface area contributed by atoms with Gasteiger partial charge in [-0.25, -0.2) is 14.2 Å². The van der Waals surface area contributed by atoms with E-state index < -0.39 is 11.2 Å². The smallest absolute Gasteiger partial charge is 0.330 e. The molecular formula is C19H19FN6O2. The molecule has 9 heteroatoms. The van der Waals surface area contributed by atoms with Gasteiger partial charge in [-0.2, -0.15) is 5.10 Å². The summed E-state index contributed by atoms with van der Waals surface area (Å²) in [5.74, 6) is 0.184. The van der Waals surface area contributed by atoms with E-state index in [2.05, 4.69) is 20.1 Å². The van der Waals surface area contributed by atoms with E-state index in [0.717, 1.165) is 10.1 Å². The molecule has 0 fully saturated rings. The lowest BCUT2D eigenvalue weighted by Crippen LogP contribution is -2.36. The summed E-state index contributed by atoms with van der Waals surface area (Å²) in [6.45, 7) is 4.10. The lowest BCUT2D eigenvalue weighted by atomic mass is 10.1. The largest absolute Gasteiger partial charge is 0.332 e. The minimum absolute atomic E-state index is 0.217. The highest BCUT2D eigenvalue weighted by Gasteiger charge is 2.15. The summed E-state index contributed by atoms with van der Waals surface area (Å²) in [4.78, 5) is 34.6. The molecule has 0 unspecified atom stereocenters. The van der Waals surface area contributed by atoms with Crippen LogP contribution in [0.1, 0.15) is 25.5 Å². The van der Waals surface area contributed by atoms with Gasteiger partial charge in [-0.3, -0.25) is 19.0 Å². The molecule has 0 saturated carbocycles. The second-order valence-electron chi connectivity index (χ2n) is 6.88. The second-order valence-corrected chi connectivity index (χ2v) is 6.88. The first-order chi connectivity index (χ1) is 13.4. The maximum absolute atomic E-state index is 13.3. The highest BCUT2D eigenvalue weighted by atomic mass is 19.1. The number of aromatic amines is 2. The van der Waals surface area contributed by atoms with Gasteiger partial charge in [-0.15, -0.1) is 0 Å². The quantitative estimate of drug-likeness (QED) is 0.553. The van der Waals surface area contributed by atoms with Gasteiger partial charge in [0.2, 0.25) is 0 Å². The van der Waals surface area contributed by atoms with Crippen LogP contribution in [0.2, 0.25) is 0 Å². The molecule has 28 heavy (non-hydrogen) atoms. The Morgan fingerprint density at radius 1 is 1.21 bits per heavy atom. The highest BCUT2D eigenvalue weighted by molar-refractivity contribution is 5.74. The number of hydrogen-bond acceptors (Lipinski definition) is 4. The summed E-state index contributed by atoms with van der Waals surface area (Å²) in [7, 11) is 0. The number of benzene rings is 1. The molecule has 3 aromatic heterocycles. The zero-order valence-electron chi connectivity index (χ0n) is 15.4. The monoisotopic (exact) mass is 382 g/mol. The number of H-pyrrole nitrogens is 2. The van der Waals surface area contributed by atoms with E-state index in [1.807, 2.05) is 6.07 Å². The zero-order chi connectivity index (χ0) is 19.8. The number of halogens is 1. The number of fused-ring (bicyclic) bond motifs is 1. The van der Waals surface area contributed by atoms with E-state index in [0.29, 0.717) is 24.4 Å². The SMILES string of the molecule is CC(C)n1c(=O)[nH]c2nc(-c3cnn(CCc4cccc(F)c4)c3)[nH]c2c1=O. The molecule has 4 aromatic rings. The predicted molar refractivity (Wildman–Crippen MR) is 103 cm³/mol. The van der Waals surface area contributed by atoms with Crippen molar-refractivity contribution in [2.24, 2.45) is 0 Å². The predicted octanol–water partition coefficient (Wildman–Crippen LogP) is 2.24. The summed E-state index contributed by atoms with van der Waals surface area (Å²) in [5, 5.41) is 4.29. The van der Waals surface area contributed by atoms with Gasteiger partial charge in [-0.1, -0.05) is 12.1 Å². The van der Waals surface area contributed by atoms with Crippen molar-refractivity contribution in [1.29, 1.82) is 0 Å². The molecule has 0 aliphatic carbocycles. The van der Waals surface area contributed by atoms with Crippen LogP contribution in [0.3, 0.4) is 0 Å². The van der Waals surface area contributed by atoms with Crippen LogP contribution in [0.25, 0.3) is 22.6 Å². The average Bonchev–Trinajstić information content (AvgIpc) is 3.26. The summed E-state index contributed by atoms with van der Waals surface area (Å²) in [6.07, 6.45) is 4.05. The van der Waals surface area contributed by atoms with Crippen molar-refractivity contribution in [3.63, 3.8) is 0 Å². The summed E-state index contributed by atoms with van der Waals surface area (Å²) < 4.78 is 16.1. The fourth-order valence-corrected chi connectivity index (χ4v) is 3.14. The number of imidazole rings is 1. The lowest BCUT2D eigenvalue weighted by Gasteiger charge is -2.06. The Morgan fingerprint density at radius 2 is 2.04 bits per heavy atom. The highest BCUT2D eigenvalue weighted by Crippen LogP contribution is 2.17. The molecule has 0 saturated heterocycles. The molecule has 0 atom stereocenters. The Kier molecular flexibility index (Phi) is 4.42. The third-order valence-electron chi connectivity index (χ3n) is 4.52. The van der Waals surface area contributed by atoms with E-state index in [4.69, 9.17) is 0 Å². The van der Waals surface area contributed by atoms with Crippen molar-refractivity contribution in [3.8, 4) is 11.4 Å². The molecule has 3 heterocycles. The number of aromatic nitrogens is 6. The van der Waals surface area contributed by atoms with Crippen LogP contribution in [0.5, 0.6) is 0 Å². The van der Waals surface area contributed by atoms with E-state index in [1.165, 1.54) is 12.1 Å². The zero-order valence-corrected chi connectivity index (χ0v) is 15.4. The molecule has 4 rings (SSSR count). The molecule has 1 aromatic carbocycles. The topological polar surface area (TPSA) is 101 Å². The van der Waals surface area contributed by atoms with Crippen molar-refractivity contribution in [2.45, 2.75) is 32.9 Å². The van der Waals surface area contributed by atoms with Gasteiger partial charge in [0.25, 0.3) is 5.56 Å². The fraction of sp³-hybridized carbons (Fsp3) is 0.263. The molecule has 144 valence electrons. The Bertz CT molecular complexity index is 1260. The standard InChI is InChI=1S/C19H19FN6O2/c1-11(2)26-18(27)15-17(24-19(26)28)23-16(22-15)13-9-21-25(10-13)7-6-12-4-3-5-14(20)8-12/h3-5,8-11H,6-7H2,1-2H3,(H,22,23)(H,24,28). The van der Waals surface area contributed by atoms with Crippen LogP contribution in [-0.2, 0) is 13.0 Å². The molecule has 8 nitrogen and oxygen atoms in total. The van der Waals surface area contributed by atoms with Crippen molar-refractivity contribution < 1.29 is 4.39 Å². The summed E-state index contributed by atoms with van der Waals surface area (Å²) in [6, 6.07) is 6.19. The maximum atomic E-state index is 13.3. The first kappa shape index (κ1) is 17.9. The van der Waals surface area contributed by atoms with Crippen molar-refractivity contribution >= 4 is 11.2 Å². The molecule has 0 bridgehead atoms. The maximum Gasteiger partial charge on any atom is 0.330 e. The van der Waals surface area contributed by atoms with E-state index in [9.17, 15) is 14.0 Å². The van der Waals surface area contributed by atoms with Crippen molar-refractivity contribution in [3.05, 3.63) is 68.9 Å². The van der Waals surface area contributed by atoms with Gasteiger partial charge >= 0.3 is 5.69 Å².